The van der Waals surface area contributed by atoms with Crippen molar-refractivity contribution in [3.63, 3.8) is 0 Å². The van der Waals surface area contributed by atoms with Crippen molar-refractivity contribution in [1.82, 2.24) is 0 Å². The van der Waals surface area contributed by atoms with E-state index in [0.717, 1.165) is 11.3 Å². The molecule has 0 saturated heterocycles. The minimum absolute atomic E-state index is 0.325. The molecule has 2 atom stereocenters. The first kappa shape index (κ1) is 11.0. The van der Waals surface area contributed by atoms with Gasteiger partial charge in [-0.15, -0.1) is 0 Å². The van der Waals surface area contributed by atoms with Gasteiger partial charge in [0.1, 0.15) is 0 Å². The number of rotatable bonds is 3. The number of benzene rings is 1. The summed E-state index contributed by atoms with van der Waals surface area (Å²) in [5.41, 5.74) is 7.94. The topological polar surface area (TPSA) is 49.5 Å². The van der Waals surface area contributed by atoms with E-state index in [1.807, 2.05) is 43.3 Å². The molecule has 3 nitrogen and oxygen atoms in total. The summed E-state index contributed by atoms with van der Waals surface area (Å²) in [6.07, 6.45) is -0.531. The number of hydrogen-bond acceptors (Lipinski definition) is 3. The smallest absolute Gasteiger partial charge is 0.0705 e. The Bertz CT molecular complexity index is 297. The lowest BCUT2D eigenvalue weighted by Gasteiger charge is -2.22. The van der Waals surface area contributed by atoms with Crippen molar-refractivity contribution in [1.29, 1.82) is 0 Å². The minimum Gasteiger partial charge on any atom is -0.391 e. The Morgan fingerprint density at radius 3 is 2.36 bits per heavy atom. The normalized spacial score (nSPS) is 14.9. The predicted molar refractivity (Wildman–Crippen MR) is 59.4 cm³/mol. The maximum Gasteiger partial charge on any atom is 0.0705 e. The van der Waals surface area contributed by atoms with E-state index >= 15 is 0 Å². The quantitative estimate of drug-likeness (QED) is 0.758. The molecule has 1 aromatic rings. The van der Waals surface area contributed by atoms with Crippen LogP contribution in [0.3, 0.4) is 0 Å². The molecular weight excluding hydrogens is 176 g/mol. The molecule has 0 spiro atoms. The molecule has 0 heterocycles. The largest absolute Gasteiger partial charge is 0.391 e. The molecule has 1 aromatic carbocycles. The van der Waals surface area contributed by atoms with Gasteiger partial charge in [-0.25, -0.2) is 0 Å². The fourth-order valence-electron chi connectivity index (χ4n) is 1.44. The zero-order valence-electron chi connectivity index (χ0n) is 8.94. The first-order chi connectivity index (χ1) is 6.54. The molecule has 0 fully saturated rings. The lowest BCUT2D eigenvalue weighted by Crippen LogP contribution is -2.25. The summed E-state index contributed by atoms with van der Waals surface area (Å²) in [6, 6.07) is 7.52. The van der Waals surface area contributed by atoms with Gasteiger partial charge in [0, 0.05) is 19.8 Å². The Morgan fingerprint density at radius 2 is 1.86 bits per heavy atom. The van der Waals surface area contributed by atoms with E-state index < -0.39 is 6.10 Å². The highest BCUT2D eigenvalue weighted by Crippen LogP contribution is 2.25. The highest BCUT2D eigenvalue weighted by Gasteiger charge is 2.15. The molecule has 14 heavy (non-hydrogen) atoms. The molecule has 0 bridgehead atoms. The number of para-hydroxylation sites is 1. The second-order valence-electron chi connectivity index (χ2n) is 3.72. The average molecular weight is 194 g/mol. The van der Waals surface area contributed by atoms with Crippen LogP contribution in [0.25, 0.3) is 0 Å². The lowest BCUT2D eigenvalue weighted by molar-refractivity contribution is 0.164. The molecule has 0 unspecified atom stereocenters. The van der Waals surface area contributed by atoms with E-state index in [2.05, 4.69) is 0 Å². The summed E-state index contributed by atoms with van der Waals surface area (Å²) < 4.78 is 0. The highest BCUT2D eigenvalue weighted by molar-refractivity contribution is 5.54. The lowest BCUT2D eigenvalue weighted by atomic mass is 10.0. The van der Waals surface area contributed by atoms with E-state index in [0.29, 0.717) is 0 Å². The van der Waals surface area contributed by atoms with Gasteiger partial charge < -0.3 is 15.7 Å². The van der Waals surface area contributed by atoms with Crippen LogP contribution in [0.4, 0.5) is 5.69 Å². The fourth-order valence-corrected chi connectivity index (χ4v) is 1.44. The van der Waals surface area contributed by atoms with Gasteiger partial charge in [0.2, 0.25) is 0 Å². The molecule has 0 radical (unpaired) electrons. The zero-order chi connectivity index (χ0) is 10.7. The highest BCUT2D eigenvalue weighted by atomic mass is 16.3. The van der Waals surface area contributed by atoms with Gasteiger partial charge in [-0.3, -0.25) is 0 Å². The van der Waals surface area contributed by atoms with Crippen LogP contribution in [0.5, 0.6) is 0 Å². The predicted octanol–water partition coefficient (Wildman–Crippen LogP) is 1.13. The van der Waals surface area contributed by atoms with Crippen LogP contribution in [0, 0.1) is 0 Å². The number of aliphatic hydroxyl groups is 1. The molecule has 78 valence electrons. The van der Waals surface area contributed by atoms with Crippen molar-refractivity contribution in [2.45, 2.75) is 19.1 Å². The Labute approximate surface area is 85.2 Å². The van der Waals surface area contributed by atoms with Gasteiger partial charge >= 0.3 is 0 Å². The van der Waals surface area contributed by atoms with Crippen LogP contribution >= 0.6 is 0 Å². The summed E-state index contributed by atoms with van der Waals surface area (Å²) >= 11 is 0. The zero-order valence-corrected chi connectivity index (χ0v) is 8.94. The van der Waals surface area contributed by atoms with Crippen molar-refractivity contribution in [3.05, 3.63) is 29.8 Å². The van der Waals surface area contributed by atoms with Crippen molar-refractivity contribution in [3.8, 4) is 0 Å². The van der Waals surface area contributed by atoms with Gasteiger partial charge in [0.15, 0.2) is 0 Å². The van der Waals surface area contributed by atoms with E-state index in [4.69, 9.17) is 5.73 Å². The van der Waals surface area contributed by atoms with Crippen molar-refractivity contribution in [2.75, 3.05) is 19.0 Å². The third-order valence-electron chi connectivity index (χ3n) is 2.30. The summed E-state index contributed by atoms with van der Waals surface area (Å²) in [5.74, 6) is 0. The van der Waals surface area contributed by atoms with E-state index in [1.54, 1.807) is 6.92 Å². The Balaban J connectivity index is 3.06. The van der Waals surface area contributed by atoms with Gasteiger partial charge in [0.05, 0.1) is 12.1 Å². The number of nitrogens with two attached hydrogens (primary N) is 1. The Morgan fingerprint density at radius 1 is 1.29 bits per heavy atom. The van der Waals surface area contributed by atoms with Gasteiger partial charge in [-0.2, -0.15) is 0 Å². The van der Waals surface area contributed by atoms with Crippen LogP contribution in [0.1, 0.15) is 18.5 Å². The Kier molecular flexibility index (Phi) is 3.49. The van der Waals surface area contributed by atoms with Crippen molar-refractivity contribution in [2.24, 2.45) is 5.73 Å². The molecule has 1 rings (SSSR count). The van der Waals surface area contributed by atoms with Gasteiger partial charge in [-0.05, 0) is 18.6 Å². The molecular formula is C11H18N2O. The van der Waals surface area contributed by atoms with E-state index in [-0.39, 0.29) is 6.04 Å². The third-order valence-corrected chi connectivity index (χ3v) is 2.30. The first-order valence-corrected chi connectivity index (χ1v) is 4.74. The molecule has 0 aromatic heterocycles. The molecule has 0 aliphatic heterocycles. The van der Waals surface area contributed by atoms with Crippen LogP contribution in [-0.2, 0) is 0 Å². The number of anilines is 1. The molecule has 0 aliphatic rings. The maximum absolute atomic E-state index is 9.44. The van der Waals surface area contributed by atoms with Crippen molar-refractivity contribution >= 4 is 5.69 Å². The number of aliphatic hydroxyl groups excluding tert-OH is 1. The van der Waals surface area contributed by atoms with E-state index in [9.17, 15) is 5.11 Å². The standard InChI is InChI=1S/C11H18N2O/c1-8(14)11(12)9-6-4-5-7-10(9)13(2)3/h4-8,11,14H,12H2,1-3H3/t8-,11+/m0/s1. The second kappa shape index (κ2) is 4.44. The number of nitrogens with zero attached hydrogens (tertiary/aromatic N) is 1. The third kappa shape index (κ3) is 2.25. The molecule has 3 heteroatoms. The summed E-state index contributed by atoms with van der Waals surface area (Å²) in [5, 5.41) is 9.44. The molecule has 0 amide bonds. The van der Waals surface area contributed by atoms with Gasteiger partial charge in [-0.1, -0.05) is 18.2 Å². The van der Waals surface area contributed by atoms with Crippen LogP contribution in [0.2, 0.25) is 0 Å². The van der Waals surface area contributed by atoms with Crippen molar-refractivity contribution < 1.29 is 5.11 Å². The van der Waals surface area contributed by atoms with E-state index in [1.165, 1.54) is 0 Å². The summed E-state index contributed by atoms with van der Waals surface area (Å²) in [6.45, 7) is 1.71. The Hall–Kier alpha value is -1.06. The fraction of sp³-hybridized carbons (Fsp3) is 0.455. The number of hydrogen-bond donors (Lipinski definition) is 2. The monoisotopic (exact) mass is 194 g/mol. The molecule has 3 N–H and O–H groups in total. The SMILES string of the molecule is C[C@H](O)[C@@H](N)c1ccccc1N(C)C. The maximum atomic E-state index is 9.44. The minimum atomic E-state index is -0.531. The second-order valence-corrected chi connectivity index (χ2v) is 3.72. The first-order valence-electron chi connectivity index (χ1n) is 4.74. The summed E-state index contributed by atoms with van der Waals surface area (Å²) in [4.78, 5) is 2.00. The van der Waals surface area contributed by atoms with Crippen LogP contribution in [-0.4, -0.2) is 25.3 Å². The summed E-state index contributed by atoms with van der Waals surface area (Å²) in [7, 11) is 3.93. The van der Waals surface area contributed by atoms with Gasteiger partial charge in [0.25, 0.3) is 0 Å². The average Bonchev–Trinajstić information content (AvgIpc) is 2.16. The van der Waals surface area contributed by atoms with Crippen LogP contribution in [0.15, 0.2) is 24.3 Å². The molecule has 0 saturated carbocycles. The van der Waals surface area contributed by atoms with Crippen LogP contribution < -0.4 is 10.6 Å². The molecule has 0 aliphatic carbocycles.